The van der Waals surface area contributed by atoms with Gasteiger partial charge in [0, 0.05) is 38.8 Å². The molecule has 2 atom stereocenters. The number of halogens is 1. The zero-order valence-corrected chi connectivity index (χ0v) is 17.2. The fraction of sp³-hybridized carbons (Fsp3) is 0.409. The molecule has 154 valence electrons. The van der Waals surface area contributed by atoms with Crippen molar-refractivity contribution in [2.75, 3.05) is 44.2 Å². The van der Waals surface area contributed by atoms with Gasteiger partial charge in [-0.05, 0) is 36.8 Å². The molecule has 29 heavy (non-hydrogen) atoms. The number of aliphatic hydroxyl groups is 2. The second-order valence-electron chi connectivity index (χ2n) is 7.31. The lowest BCUT2D eigenvalue weighted by molar-refractivity contribution is 0.109. The number of benzene rings is 2. The summed E-state index contributed by atoms with van der Waals surface area (Å²) in [6, 6.07) is 14.7. The van der Waals surface area contributed by atoms with E-state index in [1.165, 1.54) is 0 Å². The molecule has 2 aromatic carbocycles. The van der Waals surface area contributed by atoms with E-state index in [0.29, 0.717) is 22.9 Å². The number of ether oxygens (including phenoxy) is 1. The van der Waals surface area contributed by atoms with Crippen molar-refractivity contribution in [1.29, 1.82) is 5.26 Å². The van der Waals surface area contributed by atoms with Crippen molar-refractivity contribution >= 4 is 17.3 Å². The van der Waals surface area contributed by atoms with Crippen LogP contribution in [0.4, 0.5) is 5.69 Å². The van der Waals surface area contributed by atoms with Crippen molar-refractivity contribution in [3.8, 4) is 11.8 Å². The Morgan fingerprint density at radius 3 is 2.38 bits per heavy atom. The number of anilines is 1. The van der Waals surface area contributed by atoms with Gasteiger partial charge in [0.1, 0.15) is 12.4 Å². The molecule has 1 aliphatic rings. The Bertz CT molecular complexity index is 843. The van der Waals surface area contributed by atoms with Crippen molar-refractivity contribution in [3.05, 3.63) is 58.6 Å². The van der Waals surface area contributed by atoms with Crippen LogP contribution in [0.1, 0.15) is 24.2 Å². The van der Waals surface area contributed by atoms with E-state index in [2.05, 4.69) is 15.9 Å². The number of β-amino-alcohol motifs (C(OH)–C–C–N with tert-alkyl or cyclic N) is 1. The smallest absolute Gasteiger partial charge is 0.121 e. The van der Waals surface area contributed by atoms with Gasteiger partial charge in [0.05, 0.1) is 34.6 Å². The van der Waals surface area contributed by atoms with Crippen LogP contribution >= 0.6 is 11.6 Å². The molecule has 0 saturated carbocycles. The van der Waals surface area contributed by atoms with Crippen LogP contribution in [-0.4, -0.2) is 60.5 Å². The first kappa shape index (κ1) is 21.4. The molecule has 1 fully saturated rings. The summed E-state index contributed by atoms with van der Waals surface area (Å²) in [7, 11) is 0. The summed E-state index contributed by atoms with van der Waals surface area (Å²) in [5, 5.41) is 29.3. The molecule has 0 spiro atoms. The second-order valence-corrected chi connectivity index (χ2v) is 7.72. The third-order valence-electron chi connectivity index (χ3n) is 4.98. The van der Waals surface area contributed by atoms with Crippen molar-refractivity contribution in [2.45, 2.75) is 19.1 Å². The normalized spacial score (nSPS) is 16.9. The molecule has 1 saturated heterocycles. The second kappa shape index (κ2) is 9.95. The monoisotopic (exact) mass is 415 g/mol. The summed E-state index contributed by atoms with van der Waals surface area (Å²) in [5.74, 6) is 0.642. The molecule has 2 aromatic rings. The van der Waals surface area contributed by atoms with Crippen LogP contribution in [0.25, 0.3) is 0 Å². The summed E-state index contributed by atoms with van der Waals surface area (Å²) in [6.07, 6.45) is -1.11. The molecule has 6 nitrogen and oxygen atoms in total. The minimum atomic E-state index is -0.580. The highest BCUT2D eigenvalue weighted by atomic mass is 35.5. The Kier molecular flexibility index (Phi) is 7.34. The average Bonchev–Trinajstić information content (AvgIpc) is 2.73. The average molecular weight is 416 g/mol. The van der Waals surface area contributed by atoms with E-state index < -0.39 is 12.2 Å². The van der Waals surface area contributed by atoms with Crippen LogP contribution in [0.3, 0.4) is 0 Å². The fourth-order valence-corrected chi connectivity index (χ4v) is 3.64. The number of nitrogens with zero attached hydrogens (tertiary/aromatic N) is 3. The number of aliphatic hydroxyl groups excluding tert-OH is 2. The highest BCUT2D eigenvalue weighted by Crippen LogP contribution is 2.31. The van der Waals surface area contributed by atoms with Gasteiger partial charge in [-0.3, -0.25) is 4.90 Å². The molecule has 2 N–H and O–H groups in total. The van der Waals surface area contributed by atoms with Gasteiger partial charge in [-0.15, -0.1) is 0 Å². The number of piperazine rings is 1. The molecule has 0 aromatic heterocycles. The fourth-order valence-electron chi connectivity index (χ4n) is 3.35. The molecule has 2 unspecified atom stereocenters. The molecule has 0 aliphatic carbocycles. The van der Waals surface area contributed by atoms with E-state index in [9.17, 15) is 10.2 Å². The Balaban J connectivity index is 1.52. The zero-order valence-electron chi connectivity index (χ0n) is 16.5. The first-order valence-corrected chi connectivity index (χ1v) is 10.1. The number of rotatable bonds is 7. The molecule has 0 radical (unpaired) electrons. The lowest BCUT2D eigenvalue weighted by Gasteiger charge is -2.37. The highest BCUT2D eigenvalue weighted by Gasteiger charge is 2.21. The molecular weight excluding hydrogens is 390 g/mol. The predicted octanol–water partition coefficient (Wildman–Crippen LogP) is 2.83. The topological polar surface area (TPSA) is 80.0 Å². The van der Waals surface area contributed by atoms with Gasteiger partial charge >= 0.3 is 0 Å². The maximum atomic E-state index is 10.5. The summed E-state index contributed by atoms with van der Waals surface area (Å²) in [6.45, 7) is 5.73. The first-order valence-electron chi connectivity index (χ1n) is 9.72. The van der Waals surface area contributed by atoms with Gasteiger partial charge in [-0.1, -0.05) is 23.7 Å². The van der Waals surface area contributed by atoms with Crippen molar-refractivity contribution < 1.29 is 14.9 Å². The van der Waals surface area contributed by atoms with Crippen molar-refractivity contribution in [2.24, 2.45) is 0 Å². The van der Waals surface area contributed by atoms with Crippen LogP contribution in [0.15, 0.2) is 42.5 Å². The van der Waals surface area contributed by atoms with E-state index in [0.717, 1.165) is 37.4 Å². The Morgan fingerprint density at radius 2 is 1.79 bits per heavy atom. The standard InChI is InChI=1S/C22H26ClN3O3/c1-16(27)15-29-19-6-7-21(20(23)12-19)26-10-8-25(9-11-26)14-22(28)18-4-2-17(13-24)3-5-18/h2-7,12,16,22,27-28H,8-11,14-15H2,1H3. The minimum absolute atomic E-state index is 0.232. The Morgan fingerprint density at radius 1 is 1.10 bits per heavy atom. The molecule has 0 amide bonds. The Hall–Kier alpha value is -2.30. The summed E-state index contributed by atoms with van der Waals surface area (Å²) < 4.78 is 5.50. The summed E-state index contributed by atoms with van der Waals surface area (Å²) in [4.78, 5) is 4.46. The van der Waals surface area contributed by atoms with Gasteiger partial charge in [-0.25, -0.2) is 0 Å². The SMILES string of the molecule is CC(O)COc1ccc(N2CCN(CC(O)c3ccc(C#N)cc3)CC2)c(Cl)c1. The van der Waals surface area contributed by atoms with E-state index >= 15 is 0 Å². The molecule has 1 aliphatic heterocycles. The van der Waals surface area contributed by atoms with Crippen LogP contribution in [0.5, 0.6) is 5.75 Å². The van der Waals surface area contributed by atoms with Crippen LogP contribution in [-0.2, 0) is 0 Å². The zero-order chi connectivity index (χ0) is 20.8. The number of nitriles is 1. The molecular formula is C22H26ClN3O3. The van der Waals surface area contributed by atoms with Crippen molar-refractivity contribution in [3.63, 3.8) is 0 Å². The molecule has 3 rings (SSSR count). The van der Waals surface area contributed by atoms with Crippen LogP contribution in [0.2, 0.25) is 5.02 Å². The van der Waals surface area contributed by atoms with Gasteiger partial charge in [0.25, 0.3) is 0 Å². The van der Waals surface area contributed by atoms with Gasteiger partial charge < -0.3 is 19.8 Å². The first-order chi connectivity index (χ1) is 14.0. The van der Waals surface area contributed by atoms with E-state index in [1.807, 2.05) is 12.1 Å². The number of hydrogen-bond acceptors (Lipinski definition) is 6. The predicted molar refractivity (Wildman–Crippen MR) is 113 cm³/mol. The van der Waals surface area contributed by atoms with E-state index in [-0.39, 0.29) is 6.61 Å². The van der Waals surface area contributed by atoms with Crippen LogP contribution in [0, 0.1) is 11.3 Å². The highest BCUT2D eigenvalue weighted by molar-refractivity contribution is 6.33. The molecule has 1 heterocycles. The van der Waals surface area contributed by atoms with Crippen molar-refractivity contribution in [1.82, 2.24) is 4.90 Å². The Labute approximate surface area is 176 Å². The summed E-state index contributed by atoms with van der Waals surface area (Å²) in [5.41, 5.74) is 2.37. The van der Waals surface area contributed by atoms with E-state index in [4.69, 9.17) is 21.6 Å². The third kappa shape index (κ3) is 5.84. The largest absolute Gasteiger partial charge is 0.491 e. The molecule has 7 heteroatoms. The third-order valence-corrected chi connectivity index (χ3v) is 5.28. The number of hydrogen-bond donors (Lipinski definition) is 2. The maximum Gasteiger partial charge on any atom is 0.121 e. The van der Waals surface area contributed by atoms with Gasteiger partial charge in [-0.2, -0.15) is 5.26 Å². The lowest BCUT2D eigenvalue weighted by Crippen LogP contribution is -2.47. The quantitative estimate of drug-likeness (QED) is 0.723. The maximum absolute atomic E-state index is 10.5. The van der Waals surface area contributed by atoms with Crippen LogP contribution < -0.4 is 9.64 Å². The lowest BCUT2D eigenvalue weighted by atomic mass is 10.1. The summed E-state index contributed by atoms with van der Waals surface area (Å²) >= 11 is 6.44. The van der Waals surface area contributed by atoms with Gasteiger partial charge in [0.2, 0.25) is 0 Å². The molecule has 0 bridgehead atoms. The van der Waals surface area contributed by atoms with E-state index in [1.54, 1.807) is 37.3 Å². The minimum Gasteiger partial charge on any atom is -0.491 e. The van der Waals surface area contributed by atoms with Gasteiger partial charge in [0.15, 0.2) is 0 Å².